The number of benzene rings is 2. The van der Waals surface area contributed by atoms with Crippen molar-refractivity contribution in [3.8, 4) is 0 Å². The SMILES string of the molecule is O=C1NCC(c2cccc3ccccc23)N1. The highest BCUT2D eigenvalue weighted by Gasteiger charge is 2.22. The highest BCUT2D eigenvalue weighted by atomic mass is 16.2. The summed E-state index contributed by atoms with van der Waals surface area (Å²) in [5, 5.41) is 8.11. The van der Waals surface area contributed by atoms with Gasteiger partial charge in [-0.2, -0.15) is 0 Å². The number of fused-ring (bicyclic) bond motifs is 1. The minimum absolute atomic E-state index is 0.0820. The van der Waals surface area contributed by atoms with Crippen LogP contribution in [0.4, 0.5) is 4.79 Å². The number of carbonyl (C=O) groups excluding carboxylic acids is 1. The molecule has 1 aliphatic rings. The summed E-state index contributed by atoms with van der Waals surface area (Å²) in [6.45, 7) is 0.660. The third-order valence-electron chi connectivity index (χ3n) is 2.97. The number of amides is 2. The van der Waals surface area contributed by atoms with Crippen LogP contribution in [0.2, 0.25) is 0 Å². The van der Waals surface area contributed by atoms with Gasteiger partial charge in [0.2, 0.25) is 0 Å². The lowest BCUT2D eigenvalue weighted by Gasteiger charge is -2.12. The Labute approximate surface area is 93.5 Å². The van der Waals surface area contributed by atoms with Crippen LogP contribution < -0.4 is 10.6 Å². The first-order valence-electron chi connectivity index (χ1n) is 5.36. The van der Waals surface area contributed by atoms with E-state index in [0.717, 1.165) is 0 Å². The average molecular weight is 212 g/mol. The molecule has 1 atom stereocenters. The molecule has 16 heavy (non-hydrogen) atoms. The summed E-state index contributed by atoms with van der Waals surface area (Å²) < 4.78 is 0. The van der Waals surface area contributed by atoms with Gasteiger partial charge in [-0.3, -0.25) is 0 Å². The minimum Gasteiger partial charge on any atom is -0.336 e. The zero-order chi connectivity index (χ0) is 11.0. The van der Waals surface area contributed by atoms with Gasteiger partial charge in [0.15, 0.2) is 0 Å². The maximum Gasteiger partial charge on any atom is 0.315 e. The van der Waals surface area contributed by atoms with Crippen molar-refractivity contribution < 1.29 is 4.79 Å². The van der Waals surface area contributed by atoms with Gasteiger partial charge in [0, 0.05) is 6.54 Å². The first-order chi connectivity index (χ1) is 7.84. The Bertz CT molecular complexity index is 545. The molecule has 2 aromatic rings. The molecule has 0 spiro atoms. The molecule has 2 aromatic carbocycles. The Kier molecular flexibility index (Phi) is 2.03. The summed E-state index contributed by atoms with van der Waals surface area (Å²) in [6.07, 6.45) is 0. The lowest BCUT2D eigenvalue weighted by molar-refractivity contribution is 0.247. The molecular formula is C13H12N2O. The largest absolute Gasteiger partial charge is 0.336 e. The van der Waals surface area contributed by atoms with Gasteiger partial charge in [-0.15, -0.1) is 0 Å². The van der Waals surface area contributed by atoms with E-state index < -0.39 is 0 Å². The van der Waals surface area contributed by atoms with E-state index >= 15 is 0 Å². The van der Waals surface area contributed by atoms with Crippen LogP contribution in [0.5, 0.6) is 0 Å². The quantitative estimate of drug-likeness (QED) is 0.747. The van der Waals surface area contributed by atoms with Gasteiger partial charge in [0.1, 0.15) is 0 Å². The number of rotatable bonds is 1. The van der Waals surface area contributed by atoms with Crippen molar-refractivity contribution in [2.75, 3.05) is 6.54 Å². The van der Waals surface area contributed by atoms with E-state index in [4.69, 9.17) is 0 Å². The average Bonchev–Trinajstić information content (AvgIpc) is 2.75. The summed E-state index contributed by atoms with van der Waals surface area (Å²) in [6, 6.07) is 14.4. The van der Waals surface area contributed by atoms with Crippen LogP contribution in [0.25, 0.3) is 10.8 Å². The van der Waals surface area contributed by atoms with Crippen LogP contribution in [0, 0.1) is 0 Å². The first-order valence-corrected chi connectivity index (χ1v) is 5.36. The maximum atomic E-state index is 11.1. The Morgan fingerprint density at radius 2 is 1.88 bits per heavy atom. The van der Waals surface area contributed by atoms with Gasteiger partial charge >= 0.3 is 6.03 Å². The fourth-order valence-electron chi connectivity index (χ4n) is 2.20. The second-order valence-electron chi connectivity index (χ2n) is 3.98. The van der Waals surface area contributed by atoms with Crippen LogP contribution in [0.15, 0.2) is 42.5 Å². The number of hydrogen-bond acceptors (Lipinski definition) is 1. The monoisotopic (exact) mass is 212 g/mol. The van der Waals surface area contributed by atoms with E-state index in [1.54, 1.807) is 0 Å². The topological polar surface area (TPSA) is 41.1 Å². The van der Waals surface area contributed by atoms with E-state index in [-0.39, 0.29) is 12.1 Å². The molecule has 80 valence electrons. The fourth-order valence-corrected chi connectivity index (χ4v) is 2.20. The molecule has 1 saturated heterocycles. The highest BCUT2D eigenvalue weighted by molar-refractivity contribution is 5.87. The zero-order valence-corrected chi connectivity index (χ0v) is 8.73. The van der Waals surface area contributed by atoms with E-state index in [9.17, 15) is 4.79 Å². The van der Waals surface area contributed by atoms with Crippen LogP contribution in [-0.2, 0) is 0 Å². The Morgan fingerprint density at radius 3 is 2.69 bits per heavy atom. The van der Waals surface area contributed by atoms with Crippen molar-refractivity contribution in [3.05, 3.63) is 48.0 Å². The first kappa shape index (κ1) is 9.21. The van der Waals surface area contributed by atoms with Crippen molar-refractivity contribution in [2.45, 2.75) is 6.04 Å². The van der Waals surface area contributed by atoms with Gasteiger partial charge in [0.25, 0.3) is 0 Å². The zero-order valence-electron chi connectivity index (χ0n) is 8.73. The molecule has 3 nitrogen and oxygen atoms in total. The number of urea groups is 1. The van der Waals surface area contributed by atoms with E-state index in [0.29, 0.717) is 6.54 Å². The second-order valence-corrected chi connectivity index (χ2v) is 3.98. The molecule has 2 amide bonds. The molecule has 2 N–H and O–H groups in total. The highest BCUT2D eigenvalue weighted by Crippen LogP contribution is 2.25. The second kappa shape index (κ2) is 3.52. The van der Waals surface area contributed by atoms with Crippen molar-refractivity contribution in [1.29, 1.82) is 0 Å². The number of nitrogens with one attached hydrogen (secondary N) is 2. The van der Waals surface area contributed by atoms with E-state index in [1.165, 1.54) is 16.3 Å². The molecule has 1 aliphatic heterocycles. The molecule has 0 aliphatic carbocycles. The summed E-state index contributed by atoms with van der Waals surface area (Å²) in [7, 11) is 0. The molecule has 0 saturated carbocycles. The molecule has 3 heteroatoms. The van der Waals surface area contributed by atoms with E-state index in [1.807, 2.05) is 18.2 Å². The third-order valence-corrected chi connectivity index (χ3v) is 2.97. The van der Waals surface area contributed by atoms with Crippen molar-refractivity contribution in [3.63, 3.8) is 0 Å². The molecule has 0 aromatic heterocycles. The standard InChI is InChI=1S/C13H12N2O/c16-13-14-8-12(15-13)11-7-3-5-9-4-1-2-6-10(9)11/h1-7,12H,8H2,(H2,14,15,16). The molecule has 1 unspecified atom stereocenters. The molecule has 0 radical (unpaired) electrons. The van der Waals surface area contributed by atoms with Crippen molar-refractivity contribution >= 4 is 16.8 Å². The van der Waals surface area contributed by atoms with Crippen molar-refractivity contribution in [2.24, 2.45) is 0 Å². The normalized spacial score (nSPS) is 19.5. The summed E-state index contributed by atoms with van der Waals surface area (Å²) in [4.78, 5) is 11.1. The Hall–Kier alpha value is -2.03. The van der Waals surface area contributed by atoms with Gasteiger partial charge in [-0.1, -0.05) is 42.5 Å². The van der Waals surface area contributed by atoms with Crippen LogP contribution in [-0.4, -0.2) is 12.6 Å². The predicted molar refractivity (Wildman–Crippen MR) is 63.2 cm³/mol. The van der Waals surface area contributed by atoms with Gasteiger partial charge in [0.05, 0.1) is 6.04 Å². The maximum absolute atomic E-state index is 11.1. The van der Waals surface area contributed by atoms with Gasteiger partial charge in [-0.05, 0) is 16.3 Å². The van der Waals surface area contributed by atoms with Gasteiger partial charge in [-0.25, -0.2) is 4.79 Å². The molecule has 1 fully saturated rings. The lowest BCUT2D eigenvalue weighted by Crippen LogP contribution is -2.21. The minimum atomic E-state index is -0.0852. The lowest BCUT2D eigenvalue weighted by atomic mass is 9.99. The molecule has 1 heterocycles. The molecule has 3 rings (SSSR count). The molecular weight excluding hydrogens is 200 g/mol. The smallest absolute Gasteiger partial charge is 0.315 e. The summed E-state index contributed by atoms with van der Waals surface area (Å²) in [5.41, 5.74) is 1.18. The molecule has 0 bridgehead atoms. The number of carbonyl (C=O) groups is 1. The Balaban J connectivity index is 2.13. The van der Waals surface area contributed by atoms with Crippen LogP contribution in [0.1, 0.15) is 11.6 Å². The third kappa shape index (κ3) is 1.41. The summed E-state index contributed by atoms with van der Waals surface area (Å²) >= 11 is 0. The van der Waals surface area contributed by atoms with Crippen LogP contribution >= 0.6 is 0 Å². The Morgan fingerprint density at radius 1 is 1.06 bits per heavy atom. The summed E-state index contributed by atoms with van der Waals surface area (Å²) in [5.74, 6) is 0. The fraction of sp³-hybridized carbons (Fsp3) is 0.154. The predicted octanol–water partition coefficient (Wildman–Crippen LogP) is 2.19. The van der Waals surface area contributed by atoms with Crippen molar-refractivity contribution in [1.82, 2.24) is 10.6 Å². The van der Waals surface area contributed by atoms with E-state index in [2.05, 4.69) is 34.9 Å². The van der Waals surface area contributed by atoms with Crippen LogP contribution in [0.3, 0.4) is 0 Å². The van der Waals surface area contributed by atoms with Gasteiger partial charge < -0.3 is 10.6 Å². The number of hydrogen-bond donors (Lipinski definition) is 2.